The molecule has 0 radical (unpaired) electrons. The number of nitrogens with one attached hydrogen (secondary N) is 1. The summed E-state index contributed by atoms with van der Waals surface area (Å²) in [5.41, 5.74) is 1.08. The molecule has 0 spiro atoms. The van der Waals surface area contributed by atoms with E-state index in [0.29, 0.717) is 24.7 Å². The van der Waals surface area contributed by atoms with Crippen LogP contribution in [0.25, 0.3) is 17.0 Å². The van der Waals surface area contributed by atoms with Gasteiger partial charge in [-0.2, -0.15) is 5.10 Å². The summed E-state index contributed by atoms with van der Waals surface area (Å²) in [5, 5.41) is 4.51. The fourth-order valence-electron chi connectivity index (χ4n) is 3.94. The Morgan fingerprint density at radius 2 is 1.91 bits per heavy atom. The van der Waals surface area contributed by atoms with Gasteiger partial charge in [-0.15, -0.1) is 0 Å². The summed E-state index contributed by atoms with van der Waals surface area (Å²) >= 11 is 6.24. The zero-order valence-corrected chi connectivity index (χ0v) is 20.7. The molecule has 0 aliphatic rings. The Hall–Kier alpha value is -3.73. The third-order valence-electron chi connectivity index (χ3n) is 5.60. The van der Waals surface area contributed by atoms with Gasteiger partial charge >= 0.3 is 11.7 Å². The number of carbonyl (C=O) groups is 1. The molecule has 0 saturated carbocycles. The van der Waals surface area contributed by atoms with Crippen LogP contribution in [0.4, 0.5) is 0 Å². The number of H-pyrrole nitrogens is 1. The number of hydrogen-bond acceptors (Lipinski definition) is 7. The molecule has 0 saturated heterocycles. The number of carbonyl (C=O) groups excluding carboxylic acids is 1. The average Bonchev–Trinajstić information content (AvgIpc) is 3.36. The molecule has 0 amide bonds. The van der Waals surface area contributed by atoms with Crippen LogP contribution in [0.2, 0.25) is 5.02 Å². The van der Waals surface area contributed by atoms with Gasteiger partial charge in [-0.25, -0.2) is 24.2 Å². The van der Waals surface area contributed by atoms with Crippen molar-refractivity contribution in [1.29, 1.82) is 0 Å². The predicted molar refractivity (Wildman–Crippen MR) is 130 cm³/mol. The third-order valence-corrected chi connectivity index (χ3v) is 5.90. The van der Waals surface area contributed by atoms with Gasteiger partial charge in [-0.3, -0.25) is 14.3 Å². The third kappa shape index (κ3) is 4.63. The number of hydrogen-bond donors (Lipinski definition) is 1. The molecule has 4 aromatic rings. The number of unbranched alkanes of at least 4 members (excludes halogenated alkanes) is 1. The molecule has 1 N–H and O–H groups in total. The molecule has 0 fully saturated rings. The number of fused-ring (bicyclic) bond motifs is 1. The average molecular weight is 500 g/mol. The highest BCUT2D eigenvalue weighted by Gasteiger charge is 2.21. The first kappa shape index (κ1) is 24.4. The summed E-state index contributed by atoms with van der Waals surface area (Å²) in [5.74, 6) is 0.0209. The number of nitrogens with zero attached hydrogens (tertiary/aromatic N) is 6. The van der Waals surface area contributed by atoms with E-state index in [-0.39, 0.29) is 28.5 Å². The molecule has 0 atom stereocenters. The van der Waals surface area contributed by atoms with Crippen LogP contribution in [0.5, 0.6) is 0 Å². The van der Waals surface area contributed by atoms with E-state index in [0.717, 1.165) is 24.2 Å². The molecule has 0 aliphatic carbocycles. The Kier molecular flexibility index (Phi) is 6.88. The Morgan fingerprint density at radius 3 is 2.57 bits per heavy atom. The predicted octanol–water partition coefficient (Wildman–Crippen LogP) is 2.91. The highest BCUT2D eigenvalue weighted by atomic mass is 35.5. The van der Waals surface area contributed by atoms with Crippen molar-refractivity contribution in [3.63, 3.8) is 0 Å². The summed E-state index contributed by atoms with van der Waals surface area (Å²) in [7, 11) is 0. The number of aryl methyl sites for hydroxylation is 4. The van der Waals surface area contributed by atoms with Crippen LogP contribution in [-0.2, 0) is 24.4 Å². The molecule has 0 aliphatic heterocycles. The number of ether oxygens (including phenoxy) is 1. The van der Waals surface area contributed by atoms with Gasteiger partial charge in [-0.05, 0) is 45.4 Å². The molecule has 184 valence electrons. The van der Waals surface area contributed by atoms with Gasteiger partial charge in [0, 0.05) is 18.8 Å². The molecule has 0 unspecified atom stereocenters. The summed E-state index contributed by atoms with van der Waals surface area (Å²) in [6, 6.07) is 5.12. The van der Waals surface area contributed by atoms with Crippen molar-refractivity contribution in [1.82, 2.24) is 33.9 Å². The minimum absolute atomic E-state index is 0.0615. The Labute approximate surface area is 205 Å². The second kappa shape index (κ2) is 9.87. The number of imidazole rings is 1. The number of aromatic nitrogens is 7. The zero-order valence-electron chi connectivity index (χ0n) is 20.0. The van der Waals surface area contributed by atoms with Gasteiger partial charge in [0.2, 0.25) is 0 Å². The minimum Gasteiger partial charge on any atom is -0.453 e. The molecular formula is C23H26ClN7O4. The van der Waals surface area contributed by atoms with Crippen molar-refractivity contribution < 1.29 is 9.53 Å². The molecule has 0 bridgehead atoms. The van der Waals surface area contributed by atoms with E-state index in [1.165, 1.54) is 4.57 Å². The molecule has 4 rings (SSSR count). The quantitative estimate of drug-likeness (QED) is 0.369. The molecular weight excluding hydrogens is 474 g/mol. The lowest BCUT2D eigenvalue weighted by Gasteiger charge is -2.09. The van der Waals surface area contributed by atoms with Crippen LogP contribution in [0.3, 0.4) is 0 Å². The van der Waals surface area contributed by atoms with Gasteiger partial charge in [0.25, 0.3) is 5.56 Å². The van der Waals surface area contributed by atoms with E-state index in [1.807, 2.05) is 33.8 Å². The number of halogens is 1. The standard InChI is InChI=1S/C23H26ClN7O4/c1-5-7-10-30-20-19(21(32)27-23(30)34)29(6-2)17(26-20)12-35-22(33)18-15(24)8-9-16(25-18)31-14(4)11-13(3)28-31/h8-9,11H,5-7,10,12H2,1-4H3,(H,27,32,34). The molecule has 4 heterocycles. The first-order chi connectivity index (χ1) is 16.7. The van der Waals surface area contributed by atoms with Gasteiger partial charge in [0.1, 0.15) is 12.4 Å². The van der Waals surface area contributed by atoms with Gasteiger partial charge in [-0.1, -0.05) is 24.9 Å². The lowest BCUT2D eigenvalue weighted by molar-refractivity contribution is 0.0452. The van der Waals surface area contributed by atoms with Crippen LogP contribution < -0.4 is 11.2 Å². The van der Waals surface area contributed by atoms with E-state index in [1.54, 1.807) is 21.4 Å². The Morgan fingerprint density at radius 1 is 1.14 bits per heavy atom. The summed E-state index contributed by atoms with van der Waals surface area (Å²) in [4.78, 5) is 49.0. The largest absolute Gasteiger partial charge is 0.453 e. The van der Waals surface area contributed by atoms with E-state index >= 15 is 0 Å². The Bertz CT molecular complexity index is 1530. The van der Waals surface area contributed by atoms with Crippen molar-refractivity contribution in [2.24, 2.45) is 0 Å². The second-order valence-electron chi connectivity index (χ2n) is 8.12. The molecule has 12 heteroatoms. The van der Waals surface area contributed by atoms with Crippen molar-refractivity contribution in [3.05, 3.63) is 67.0 Å². The van der Waals surface area contributed by atoms with Crippen molar-refractivity contribution >= 4 is 28.7 Å². The molecule has 11 nitrogen and oxygen atoms in total. The van der Waals surface area contributed by atoms with E-state index in [2.05, 4.69) is 20.1 Å². The fraction of sp³-hybridized carbons (Fsp3) is 0.391. The zero-order chi connectivity index (χ0) is 25.3. The SMILES string of the molecule is CCCCn1c(=O)[nH]c(=O)c2c1nc(COC(=O)c1nc(-n3nc(C)cc3C)ccc1Cl)n2CC. The first-order valence-electron chi connectivity index (χ1n) is 11.3. The van der Waals surface area contributed by atoms with Gasteiger partial charge < -0.3 is 9.30 Å². The van der Waals surface area contributed by atoms with E-state index in [9.17, 15) is 14.4 Å². The highest BCUT2D eigenvalue weighted by molar-refractivity contribution is 6.33. The van der Waals surface area contributed by atoms with E-state index < -0.39 is 17.2 Å². The maximum atomic E-state index is 12.9. The fourth-order valence-corrected chi connectivity index (χ4v) is 4.13. The molecule has 0 aromatic carbocycles. The summed E-state index contributed by atoms with van der Waals surface area (Å²) in [6.07, 6.45) is 1.62. The van der Waals surface area contributed by atoms with Crippen LogP contribution in [0.15, 0.2) is 27.8 Å². The van der Waals surface area contributed by atoms with Gasteiger partial charge in [0.15, 0.2) is 22.7 Å². The normalized spacial score (nSPS) is 11.3. The Balaban J connectivity index is 1.66. The van der Waals surface area contributed by atoms with Crippen LogP contribution in [0.1, 0.15) is 54.4 Å². The molecule has 4 aromatic heterocycles. The number of esters is 1. The number of rotatable bonds is 8. The monoisotopic (exact) mass is 499 g/mol. The van der Waals surface area contributed by atoms with Gasteiger partial charge in [0.05, 0.1) is 10.7 Å². The lowest BCUT2D eigenvalue weighted by atomic mass is 10.3. The topological polar surface area (TPSA) is 130 Å². The summed E-state index contributed by atoms with van der Waals surface area (Å²) in [6.45, 7) is 8.17. The second-order valence-corrected chi connectivity index (χ2v) is 8.53. The van der Waals surface area contributed by atoms with E-state index in [4.69, 9.17) is 16.3 Å². The number of aromatic amines is 1. The van der Waals surface area contributed by atoms with Crippen LogP contribution in [0, 0.1) is 13.8 Å². The lowest BCUT2D eigenvalue weighted by Crippen LogP contribution is -2.31. The first-order valence-corrected chi connectivity index (χ1v) is 11.7. The summed E-state index contributed by atoms with van der Waals surface area (Å²) < 4.78 is 10.2. The van der Waals surface area contributed by atoms with Crippen LogP contribution in [-0.4, -0.2) is 39.8 Å². The van der Waals surface area contributed by atoms with Crippen molar-refractivity contribution in [3.8, 4) is 5.82 Å². The number of pyridine rings is 1. The minimum atomic E-state index is -0.745. The van der Waals surface area contributed by atoms with Crippen LogP contribution >= 0.6 is 11.6 Å². The van der Waals surface area contributed by atoms with Crippen molar-refractivity contribution in [2.45, 2.75) is 60.2 Å². The maximum Gasteiger partial charge on any atom is 0.359 e. The smallest absolute Gasteiger partial charge is 0.359 e. The maximum absolute atomic E-state index is 12.9. The highest BCUT2D eigenvalue weighted by Crippen LogP contribution is 2.20. The molecule has 35 heavy (non-hydrogen) atoms. The van der Waals surface area contributed by atoms with Crippen molar-refractivity contribution in [2.75, 3.05) is 0 Å².